The minimum absolute atomic E-state index is 0.274. The molecular weight excluding hydrogens is 462 g/mol. The van der Waals surface area contributed by atoms with Crippen molar-refractivity contribution in [1.82, 2.24) is 0 Å². The Morgan fingerprint density at radius 3 is 2.50 bits per heavy atom. The lowest BCUT2D eigenvalue weighted by Gasteiger charge is -2.42. The van der Waals surface area contributed by atoms with Gasteiger partial charge < -0.3 is 19.1 Å². The molecule has 1 heterocycles. The molecule has 0 aliphatic carbocycles. The van der Waals surface area contributed by atoms with Crippen LogP contribution in [0.3, 0.4) is 0 Å². The van der Waals surface area contributed by atoms with Crippen molar-refractivity contribution in [2.24, 2.45) is 0 Å². The highest BCUT2D eigenvalue weighted by Gasteiger charge is 2.33. The molecule has 26 heavy (non-hydrogen) atoms. The molecule has 0 amide bonds. The zero-order valence-electron chi connectivity index (χ0n) is 14.6. The predicted octanol–water partition coefficient (Wildman–Crippen LogP) is 4.00. The van der Waals surface area contributed by atoms with Crippen molar-refractivity contribution in [2.45, 2.75) is 12.6 Å². The smallest absolute Gasteiger partial charge is 0.137 e. The van der Waals surface area contributed by atoms with Crippen LogP contribution in [-0.4, -0.2) is 55.1 Å². The van der Waals surface area contributed by atoms with E-state index in [0.29, 0.717) is 6.54 Å². The number of hydrogen-bond donors (Lipinski definition) is 1. The summed E-state index contributed by atoms with van der Waals surface area (Å²) in [5, 5.41) is 10.6. The van der Waals surface area contributed by atoms with Crippen LogP contribution in [-0.2, 0) is 11.3 Å². The zero-order chi connectivity index (χ0) is 18.4. The maximum absolute atomic E-state index is 10.6. The minimum atomic E-state index is -0.535. The van der Waals surface area contributed by atoms with Gasteiger partial charge in [0.2, 0.25) is 0 Å². The van der Waals surface area contributed by atoms with Crippen molar-refractivity contribution in [3.05, 3.63) is 63.0 Å². The highest BCUT2D eigenvalue weighted by atomic mass is 79.9. The van der Waals surface area contributed by atoms with Gasteiger partial charge in [0.05, 0.1) is 17.7 Å². The fourth-order valence-electron chi connectivity index (χ4n) is 3.38. The Labute approximate surface area is 171 Å². The Kier molecular flexibility index (Phi) is 7.12. The van der Waals surface area contributed by atoms with Gasteiger partial charge in [-0.3, -0.25) is 0 Å². The molecular formula is C20H24Br2NO3+. The van der Waals surface area contributed by atoms with Crippen molar-refractivity contribution in [3.8, 4) is 5.75 Å². The molecule has 1 fully saturated rings. The summed E-state index contributed by atoms with van der Waals surface area (Å²) < 4.78 is 14.1. The zero-order valence-corrected chi connectivity index (χ0v) is 17.8. The molecule has 3 rings (SSSR count). The number of nitrogens with zero attached hydrogens (tertiary/aromatic N) is 1. The molecule has 1 atom stereocenters. The number of quaternary nitrogens is 1. The van der Waals surface area contributed by atoms with Gasteiger partial charge in [0, 0.05) is 10.0 Å². The highest BCUT2D eigenvalue weighted by Crippen LogP contribution is 2.28. The van der Waals surface area contributed by atoms with E-state index in [1.165, 1.54) is 5.56 Å². The van der Waals surface area contributed by atoms with Gasteiger partial charge in [-0.2, -0.15) is 0 Å². The van der Waals surface area contributed by atoms with E-state index < -0.39 is 6.10 Å². The molecule has 4 nitrogen and oxygen atoms in total. The molecule has 1 aliphatic heterocycles. The normalized spacial score (nSPS) is 17.7. The molecule has 0 saturated carbocycles. The average molecular weight is 486 g/mol. The number of ether oxygens (including phenoxy) is 2. The summed E-state index contributed by atoms with van der Waals surface area (Å²) in [7, 11) is 0. The number of morpholine rings is 1. The van der Waals surface area contributed by atoms with Crippen LogP contribution >= 0.6 is 31.9 Å². The van der Waals surface area contributed by atoms with Gasteiger partial charge in [-0.1, -0.05) is 46.3 Å². The fraction of sp³-hybridized carbons (Fsp3) is 0.400. The first kappa shape index (κ1) is 19.8. The number of halogens is 2. The first-order valence-corrected chi connectivity index (χ1v) is 10.4. The number of rotatable bonds is 7. The van der Waals surface area contributed by atoms with Crippen LogP contribution in [0.4, 0.5) is 0 Å². The minimum Gasteiger partial charge on any atom is -0.489 e. The quantitative estimate of drug-likeness (QED) is 0.602. The van der Waals surface area contributed by atoms with Crippen LogP contribution in [0.15, 0.2) is 57.5 Å². The van der Waals surface area contributed by atoms with E-state index >= 15 is 0 Å². The second-order valence-corrected chi connectivity index (χ2v) is 8.54. The summed E-state index contributed by atoms with van der Waals surface area (Å²) in [4.78, 5) is 0. The van der Waals surface area contributed by atoms with E-state index in [1.807, 2.05) is 24.3 Å². The van der Waals surface area contributed by atoms with Gasteiger partial charge in [-0.25, -0.2) is 0 Å². The van der Waals surface area contributed by atoms with Gasteiger partial charge in [0.1, 0.15) is 44.6 Å². The van der Waals surface area contributed by atoms with Crippen molar-refractivity contribution in [3.63, 3.8) is 0 Å². The largest absolute Gasteiger partial charge is 0.489 e. The number of benzene rings is 2. The number of aliphatic hydroxyl groups excluding tert-OH is 1. The summed E-state index contributed by atoms with van der Waals surface area (Å²) in [5.74, 6) is 0.740. The Morgan fingerprint density at radius 1 is 1.08 bits per heavy atom. The van der Waals surface area contributed by atoms with Crippen molar-refractivity contribution in [2.75, 3.05) is 39.5 Å². The fourth-order valence-corrected chi connectivity index (χ4v) is 4.55. The number of hydrogen-bond acceptors (Lipinski definition) is 3. The van der Waals surface area contributed by atoms with Crippen LogP contribution in [0.2, 0.25) is 0 Å². The molecule has 0 spiro atoms. The molecule has 1 aliphatic rings. The topological polar surface area (TPSA) is 38.7 Å². The summed E-state index contributed by atoms with van der Waals surface area (Å²) in [6.07, 6.45) is -0.535. The Morgan fingerprint density at radius 2 is 1.81 bits per heavy atom. The van der Waals surface area contributed by atoms with Crippen LogP contribution in [0.25, 0.3) is 0 Å². The molecule has 1 saturated heterocycles. The third-order valence-electron chi connectivity index (χ3n) is 4.70. The Bertz CT molecular complexity index is 705. The lowest BCUT2D eigenvalue weighted by atomic mass is 10.1. The van der Waals surface area contributed by atoms with E-state index in [2.05, 4.69) is 56.1 Å². The van der Waals surface area contributed by atoms with Crippen molar-refractivity contribution >= 4 is 31.9 Å². The van der Waals surface area contributed by atoms with Crippen molar-refractivity contribution < 1.29 is 19.1 Å². The summed E-state index contributed by atoms with van der Waals surface area (Å²) in [6.45, 7) is 5.13. The molecule has 0 bridgehead atoms. The molecule has 1 unspecified atom stereocenters. The van der Waals surface area contributed by atoms with Gasteiger partial charge >= 0.3 is 0 Å². The average Bonchev–Trinajstić information content (AvgIpc) is 2.62. The maximum atomic E-state index is 10.6. The van der Waals surface area contributed by atoms with Crippen LogP contribution in [0.1, 0.15) is 5.56 Å². The molecule has 140 valence electrons. The molecule has 2 aromatic rings. The molecule has 1 N–H and O–H groups in total. The first-order chi connectivity index (χ1) is 12.6. The SMILES string of the molecule is OC(COc1ccc(Br)cc1Br)C[N+]1(Cc2ccccc2)CCOCC1. The van der Waals surface area contributed by atoms with Gasteiger partial charge in [-0.05, 0) is 34.1 Å². The van der Waals surface area contributed by atoms with E-state index in [0.717, 1.165) is 52.0 Å². The third-order valence-corrected chi connectivity index (χ3v) is 5.82. The number of aliphatic hydroxyl groups is 1. The lowest BCUT2D eigenvalue weighted by Crippen LogP contribution is -2.58. The van der Waals surface area contributed by atoms with Crippen molar-refractivity contribution in [1.29, 1.82) is 0 Å². The van der Waals surface area contributed by atoms with Crippen LogP contribution in [0.5, 0.6) is 5.75 Å². The molecule has 6 heteroatoms. The van der Waals surface area contributed by atoms with Gasteiger partial charge in [0.15, 0.2) is 0 Å². The predicted molar refractivity (Wildman–Crippen MR) is 109 cm³/mol. The summed E-state index contributed by atoms with van der Waals surface area (Å²) >= 11 is 6.92. The first-order valence-electron chi connectivity index (χ1n) is 8.79. The summed E-state index contributed by atoms with van der Waals surface area (Å²) in [6, 6.07) is 16.2. The third kappa shape index (κ3) is 5.54. The Balaban J connectivity index is 1.62. The maximum Gasteiger partial charge on any atom is 0.137 e. The second-order valence-electron chi connectivity index (χ2n) is 6.77. The van der Waals surface area contributed by atoms with Gasteiger partial charge in [0.25, 0.3) is 0 Å². The van der Waals surface area contributed by atoms with Gasteiger partial charge in [-0.15, -0.1) is 0 Å². The van der Waals surface area contributed by atoms with E-state index in [9.17, 15) is 5.11 Å². The van der Waals surface area contributed by atoms with Crippen LogP contribution in [0, 0.1) is 0 Å². The standard InChI is InChI=1S/C20H24Br2NO3/c21-17-6-7-20(19(22)12-17)26-15-18(24)14-23(8-10-25-11-9-23)13-16-4-2-1-3-5-16/h1-7,12,18,24H,8-11,13-15H2/q+1. The molecule has 2 aromatic carbocycles. The van der Waals surface area contributed by atoms with Crippen LogP contribution < -0.4 is 4.74 Å². The monoisotopic (exact) mass is 484 g/mol. The molecule has 0 aromatic heterocycles. The summed E-state index contributed by atoms with van der Waals surface area (Å²) in [5.41, 5.74) is 1.29. The highest BCUT2D eigenvalue weighted by molar-refractivity contribution is 9.11. The van der Waals surface area contributed by atoms with E-state index in [4.69, 9.17) is 9.47 Å². The second kappa shape index (κ2) is 9.33. The Hall–Kier alpha value is -0.920. The van der Waals surface area contributed by atoms with E-state index in [-0.39, 0.29) is 6.61 Å². The lowest BCUT2D eigenvalue weighted by molar-refractivity contribution is -0.950. The molecule has 0 radical (unpaired) electrons. The van der Waals surface area contributed by atoms with E-state index in [1.54, 1.807) is 0 Å².